The number of rotatable bonds is 11. The summed E-state index contributed by atoms with van der Waals surface area (Å²) in [6.07, 6.45) is 2.55. The molecule has 1 amide bonds. The number of methoxy groups -OCH3 is 1. The number of ketones is 1. The van der Waals surface area contributed by atoms with Crippen LogP contribution in [0.25, 0.3) is 5.76 Å². The Kier molecular flexibility index (Phi) is 11.4. The molecule has 5 nitrogen and oxygen atoms in total. The number of hydrogen-bond donors (Lipinski definition) is 1. The second-order valence-electron chi connectivity index (χ2n) is 9.81. The van der Waals surface area contributed by atoms with E-state index >= 15 is 0 Å². The first-order valence-electron chi connectivity index (χ1n) is 13.0. The molecule has 0 spiro atoms. The zero-order valence-corrected chi connectivity index (χ0v) is 23.0. The van der Waals surface area contributed by atoms with E-state index in [0.717, 1.165) is 36.1 Å². The first-order valence-corrected chi connectivity index (χ1v) is 13.0. The maximum Gasteiger partial charge on any atom is 0.230 e. The summed E-state index contributed by atoms with van der Waals surface area (Å²) in [6.45, 7) is 12.9. The van der Waals surface area contributed by atoms with E-state index < -0.39 is 5.41 Å². The molecule has 3 rings (SSSR count). The number of allylic oxidation sites excluding steroid dienone is 1. The van der Waals surface area contributed by atoms with Gasteiger partial charge in [0, 0.05) is 31.3 Å². The number of fused-ring (bicyclic) bond motifs is 1. The van der Waals surface area contributed by atoms with Gasteiger partial charge >= 0.3 is 0 Å². The van der Waals surface area contributed by atoms with Crippen molar-refractivity contribution in [3.05, 3.63) is 76.9 Å². The van der Waals surface area contributed by atoms with E-state index in [1.54, 1.807) is 14.0 Å². The fourth-order valence-electron chi connectivity index (χ4n) is 4.27. The van der Waals surface area contributed by atoms with Crippen LogP contribution in [0.1, 0.15) is 77.1 Å². The van der Waals surface area contributed by atoms with E-state index in [1.165, 1.54) is 0 Å². The highest BCUT2D eigenvalue weighted by Gasteiger charge is 2.40. The fourth-order valence-corrected chi connectivity index (χ4v) is 4.27. The Hall–Kier alpha value is -2.92. The minimum atomic E-state index is -0.732. The van der Waals surface area contributed by atoms with E-state index in [-0.39, 0.29) is 30.3 Å². The monoisotopic (exact) mass is 493 g/mol. The molecular weight excluding hydrogens is 450 g/mol. The molecule has 0 saturated heterocycles. The molecule has 0 saturated carbocycles. The minimum absolute atomic E-state index is 0.0126. The fraction of sp³-hybridized carbons (Fsp3) is 0.484. The van der Waals surface area contributed by atoms with Crippen molar-refractivity contribution >= 4 is 17.4 Å². The van der Waals surface area contributed by atoms with Crippen LogP contribution in [0.2, 0.25) is 0 Å². The van der Waals surface area contributed by atoms with Crippen LogP contribution in [0.15, 0.2) is 60.2 Å². The predicted molar refractivity (Wildman–Crippen MR) is 146 cm³/mol. The molecule has 2 aromatic carbocycles. The molecule has 0 fully saturated rings. The molecule has 196 valence electrons. The van der Waals surface area contributed by atoms with Gasteiger partial charge in [0.05, 0.1) is 11.5 Å². The summed E-state index contributed by atoms with van der Waals surface area (Å²) in [4.78, 5) is 25.7. The van der Waals surface area contributed by atoms with Crippen LogP contribution in [0.3, 0.4) is 0 Å². The molecule has 0 heterocycles. The Morgan fingerprint density at radius 3 is 2.22 bits per heavy atom. The van der Waals surface area contributed by atoms with Gasteiger partial charge in [-0.2, -0.15) is 0 Å². The standard InChI is InChI=1S/C27H33NO3.C4H10O/c1-6-18(2)27(5,26(30)28-19(3)21-12-8-7-9-13-21)17-31-25-23-15-11-10-14-22(23)16-24(25)20(4)29;1-3-4-5-2/h7-15,18-19H,6,16-17H2,1-5H3,(H,28,30);3-4H2,1-2H3/t18?,19-,27?;/m0./s1. The third kappa shape index (κ3) is 7.30. The second kappa shape index (κ2) is 14.0. The quantitative estimate of drug-likeness (QED) is 0.386. The van der Waals surface area contributed by atoms with Crippen molar-refractivity contribution in [2.45, 2.75) is 66.8 Å². The van der Waals surface area contributed by atoms with Crippen molar-refractivity contribution in [3.63, 3.8) is 0 Å². The van der Waals surface area contributed by atoms with Crippen LogP contribution < -0.4 is 5.32 Å². The lowest BCUT2D eigenvalue weighted by Gasteiger charge is -2.35. The number of ether oxygens (including phenoxy) is 2. The molecule has 1 N–H and O–H groups in total. The molecule has 0 aromatic heterocycles. The minimum Gasteiger partial charge on any atom is -0.491 e. The number of nitrogens with one attached hydrogen (secondary N) is 1. The van der Waals surface area contributed by atoms with Crippen LogP contribution in [0.5, 0.6) is 0 Å². The zero-order chi connectivity index (χ0) is 26.7. The van der Waals surface area contributed by atoms with Crippen molar-refractivity contribution in [1.82, 2.24) is 5.32 Å². The van der Waals surface area contributed by atoms with Crippen LogP contribution in [0, 0.1) is 11.3 Å². The van der Waals surface area contributed by atoms with E-state index in [1.807, 2.05) is 68.4 Å². The van der Waals surface area contributed by atoms with Gasteiger partial charge in [0.25, 0.3) is 0 Å². The summed E-state index contributed by atoms with van der Waals surface area (Å²) < 4.78 is 11.0. The van der Waals surface area contributed by atoms with Crippen molar-refractivity contribution in [1.29, 1.82) is 0 Å². The Morgan fingerprint density at radius 1 is 1.03 bits per heavy atom. The second-order valence-corrected chi connectivity index (χ2v) is 9.81. The maximum absolute atomic E-state index is 13.4. The average molecular weight is 494 g/mol. The van der Waals surface area contributed by atoms with Gasteiger partial charge in [-0.15, -0.1) is 0 Å². The molecule has 0 bridgehead atoms. The van der Waals surface area contributed by atoms with Crippen molar-refractivity contribution in [2.75, 3.05) is 20.3 Å². The van der Waals surface area contributed by atoms with E-state index in [2.05, 4.69) is 26.1 Å². The molecule has 5 heteroatoms. The zero-order valence-electron chi connectivity index (χ0n) is 23.0. The number of carbonyl (C=O) groups is 2. The summed E-state index contributed by atoms with van der Waals surface area (Å²) in [5.41, 5.74) is 3.07. The average Bonchev–Trinajstić information content (AvgIpc) is 3.27. The topological polar surface area (TPSA) is 64.6 Å². The summed E-state index contributed by atoms with van der Waals surface area (Å²) in [6, 6.07) is 17.8. The molecule has 0 aliphatic heterocycles. The van der Waals surface area contributed by atoms with Crippen molar-refractivity contribution in [3.8, 4) is 0 Å². The largest absolute Gasteiger partial charge is 0.491 e. The number of carbonyl (C=O) groups excluding carboxylic acids is 2. The van der Waals surface area contributed by atoms with Gasteiger partial charge in [-0.05, 0) is 44.2 Å². The highest BCUT2D eigenvalue weighted by Crippen LogP contribution is 2.38. The third-order valence-corrected chi connectivity index (χ3v) is 7.12. The van der Waals surface area contributed by atoms with Gasteiger partial charge in [0.2, 0.25) is 5.91 Å². The van der Waals surface area contributed by atoms with Gasteiger partial charge in [-0.25, -0.2) is 0 Å². The highest BCUT2D eigenvalue weighted by molar-refractivity contribution is 6.02. The first kappa shape index (κ1) is 29.3. The van der Waals surface area contributed by atoms with E-state index in [9.17, 15) is 9.59 Å². The third-order valence-electron chi connectivity index (χ3n) is 7.12. The molecule has 2 aromatic rings. The molecule has 2 unspecified atom stereocenters. The Bertz CT molecular complexity index is 1030. The lowest BCUT2D eigenvalue weighted by atomic mass is 9.76. The lowest BCUT2D eigenvalue weighted by molar-refractivity contribution is -0.136. The maximum atomic E-state index is 13.4. The summed E-state index contributed by atoms with van der Waals surface area (Å²) in [5, 5.41) is 3.18. The molecule has 3 atom stereocenters. The van der Waals surface area contributed by atoms with Crippen molar-refractivity contribution < 1.29 is 19.1 Å². The summed E-state index contributed by atoms with van der Waals surface area (Å²) >= 11 is 0. The SMILES string of the molecule is CCC(C)C(C)(COC1=C(C(C)=O)Cc2ccccc21)C(=O)N[C@@H](C)c1ccccc1.CCCOC. The van der Waals surface area contributed by atoms with Crippen molar-refractivity contribution in [2.24, 2.45) is 11.3 Å². The summed E-state index contributed by atoms with van der Waals surface area (Å²) in [7, 11) is 1.71. The molecule has 36 heavy (non-hydrogen) atoms. The first-order chi connectivity index (χ1) is 17.2. The predicted octanol–water partition coefficient (Wildman–Crippen LogP) is 6.53. The van der Waals surface area contributed by atoms with E-state index in [0.29, 0.717) is 17.8 Å². The normalized spacial score (nSPS) is 15.6. The van der Waals surface area contributed by atoms with Crippen LogP contribution >= 0.6 is 0 Å². The highest BCUT2D eigenvalue weighted by atomic mass is 16.5. The van der Waals surface area contributed by atoms with Crippen LogP contribution in [-0.2, 0) is 25.5 Å². The van der Waals surface area contributed by atoms with Gasteiger partial charge < -0.3 is 14.8 Å². The summed E-state index contributed by atoms with van der Waals surface area (Å²) in [5.74, 6) is 0.711. The number of Topliss-reactive ketones (excluding diaryl/α,β-unsaturated/α-hetero) is 1. The number of benzene rings is 2. The Balaban J connectivity index is 0.000000830. The smallest absolute Gasteiger partial charge is 0.230 e. The van der Waals surface area contributed by atoms with Gasteiger partial charge in [0.1, 0.15) is 12.4 Å². The molecule has 0 radical (unpaired) electrons. The van der Waals surface area contributed by atoms with Gasteiger partial charge in [-0.3, -0.25) is 9.59 Å². The van der Waals surface area contributed by atoms with Crippen LogP contribution in [0.4, 0.5) is 0 Å². The Morgan fingerprint density at radius 2 is 1.67 bits per heavy atom. The van der Waals surface area contributed by atoms with Gasteiger partial charge in [0.15, 0.2) is 5.78 Å². The Labute approximate surface area is 217 Å². The van der Waals surface area contributed by atoms with Gasteiger partial charge in [-0.1, -0.05) is 81.8 Å². The molecular formula is C31H43NO4. The molecule has 1 aliphatic rings. The number of amides is 1. The molecule has 1 aliphatic carbocycles. The number of hydrogen-bond acceptors (Lipinski definition) is 4. The van der Waals surface area contributed by atoms with E-state index in [4.69, 9.17) is 9.47 Å². The van der Waals surface area contributed by atoms with Crippen LogP contribution in [-0.4, -0.2) is 32.0 Å². The lowest BCUT2D eigenvalue weighted by Crippen LogP contribution is -2.46.